The third-order valence-corrected chi connectivity index (χ3v) is 5.18. The first-order valence-corrected chi connectivity index (χ1v) is 9.69. The highest BCUT2D eigenvalue weighted by molar-refractivity contribution is 7.12. The van der Waals surface area contributed by atoms with E-state index in [0.29, 0.717) is 41.6 Å². The number of carbonyl (C=O) groups excluding carboxylic acids is 1. The van der Waals surface area contributed by atoms with Gasteiger partial charge in [0.05, 0.1) is 23.0 Å². The lowest BCUT2D eigenvalue weighted by atomic mass is 10.0. The predicted molar refractivity (Wildman–Crippen MR) is 97.7 cm³/mol. The van der Waals surface area contributed by atoms with Crippen LogP contribution in [0.25, 0.3) is 5.13 Å². The standard InChI is InChI=1S/C19H15F6N3OS/c20-18(21,22)14-6-3-5-12(8-14)4-1-2-7-15-11-30-17(27-15)28-16(19(23,24)25)13(10-29)9-26-28/h3,5-6,8-11H,1-2,4,7H2. The molecule has 11 heteroatoms. The number of unbranched alkanes of at least 4 members (excludes halogenated alkanes) is 1. The number of hydrogen-bond donors (Lipinski definition) is 0. The Morgan fingerprint density at radius 1 is 1.03 bits per heavy atom. The van der Waals surface area contributed by atoms with Crippen LogP contribution in [-0.4, -0.2) is 21.1 Å². The van der Waals surface area contributed by atoms with Crippen LogP contribution in [0.15, 0.2) is 35.8 Å². The molecule has 0 aliphatic rings. The minimum Gasteiger partial charge on any atom is -0.298 e. The molecule has 0 saturated carbocycles. The van der Waals surface area contributed by atoms with Crippen molar-refractivity contribution in [1.82, 2.24) is 14.8 Å². The molecule has 0 fully saturated rings. The van der Waals surface area contributed by atoms with Crippen LogP contribution >= 0.6 is 11.3 Å². The van der Waals surface area contributed by atoms with Crippen LogP contribution in [0.2, 0.25) is 0 Å². The number of rotatable bonds is 7. The number of aromatic nitrogens is 3. The molecule has 0 bridgehead atoms. The van der Waals surface area contributed by atoms with Crippen LogP contribution in [0.4, 0.5) is 26.3 Å². The van der Waals surface area contributed by atoms with E-state index in [1.54, 1.807) is 11.4 Å². The highest BCUT2D eigenvalue weighted by Gasteiger charge is 2.39. The fourth-order valence-corrected chi connectivity index (χ4v) is 3.74. The van der Waals surface area contributed by atoms with Gasteiger partial charge >= 0.3 is 12.4 Å². The fourth-order valence-electron chi connectivity index (χ4n) is 2.92. The van der Waals surface area contributed by atoms with Crippen LogP contribution < -0.4 is 0 Å². The second-order valence-corrected chi connectivity index (χ2v) is 7.34. The third-order valence-electron chi connectivity index (χ3n) is 4.32. The molecular formula is C19H15F6N3OS. The quantitative estimate of drug-likeness (QED) is 0.264. The van der Waals surface area contributed by atoms with Gasteiger partial charge in [-0.2, -0.15) is 31.4 Å². The Hall–Kier alpha value is -2.69. The van der Waals surface area contributed by atoms with Crippen LogP contribution in [0.3, 0.4) is 0 Å². The number of hydrogen-bond acceptors (Lipinski definition) is 4. The fraction of sp³-hybridized carbons (Fsp3) is 0.316. The summed E-state index contributed by atoms with van der Waals surface area (Å²) in [6.45, 7) is 0. The number of aldehydes is 1. The summed E-state index contributed by atoms with van der Waals surface area (Å²) >= 11 is 0.964. The Labute approximate surface area is 171 Å². The van der Waals surface area contributed by atoms with E-state index in [1.807, 2.05) is 0 Å². The molecule has 1 aromatic carbocycles. The van der Waals surface area contributed by atoms with Crippen LogP contribution in [-0.2, 0) is 25.2 Å². The van der Waals surface area contributed by atoms with E-state index in [2.05, 4.69) is 10.1 Å². The maximum atomic E-state index is 13.2. The highest BCUT2D eigenvalue weighted by Crippen LogP contribution is 2.34. The number of halogens is 6. The highest BCUT2D eigenvalue weighted by atomic mass is 32.1. The van der Waals surface area contributed by atoms with Crippen molar-refractivity contribution >= 4 is 17.6 Å². The molecule has 2 aromatic heterocycles. The smallest absolute Gasteiger partial charge is 0.298 e. The average molecular weight is 447 g/mol. The third kappa shape index (κ3) is 5.07. The second kappa shape index (κ2) is 8.58. The normalized spacial score (nSPS) is 12.3. The first-order chi connectivity index (χ1) is 14.1. The number of nitrogens with zero attached hydrogens (tertiary/aromatic N) is 3. The summed E-state index contributed by atoms with van der Waals surface area (Å²) in [5, 5.41) is 5.21. The van der Waals surface area contributed by atoms with Crippen LogP contribution in [0.1, 0.15) is 45.7 Å². The van der Waals surface area contributed by atoms with Crippen molar-refractivity contribution in [3.8, 4) is 5.13 Å². The van der Waals surface area contributed by atoms with Crippen LogP contribution in [0, 0.1) is 0 Å². The Morgan fingerprint density at radius 3 is 2.43 bits per heavy atom. The van der Waals surface area contributed by atoms with Gasteiger partial charge in [-0.3, -0.25) is 4.79 Å². The maximum absolute atomic E-state index is 13.2. The summed E-state index contributed by atoms with van der Waals surface area (Å²) in [6.07, 6.45) is -6.12. The van der Waals surface area contributed by atoms with E-state index in [4.69, 9.17) is 0 Å². The number of alkyl halides is 6. The molecule has 0 N–H and O–H groups in total. The molecule has 4 nitrogen and oxygen atoms in total. The Morgan fingerprint density at radius 2 is 1.77 bits per heavy atom. The monoisotopic (exact) mass is 447 g/mol. The molecule has 0 aliphatic heterocycles. The van der Waals surface area contributed by atoms with E-state index in [-0.39, 0.29) is 11.4 Å². The zero-order valence-corrected chi connectivity index (χ0v) is 16.1. The predicted octanol–water partition coefficient (Wildman–Crippen LogP) is 5.74. The molecule has 30 heavy (non-hydrogen) atoms. The molecule has 0 atom stereocenters. The van der Waals surface area contributed by atoms with Gasteiger partial charge in [-0.1, -0.05) is 18.2 Å². The first-order valence-electron chi connectivity index (χ1n) is 8.81. The Kier molecular flexibility index (Phi) is 6.30. The summed E-state index contributed by atoms with van der Waals surface area (Å²) in [6, 6.07) is 5.11. The molecule has 160 valence electrons. The minimum atomic E-state index is -4.76. The molecule has 2 heterocycles. The Bertz CT molecular complexity index is 1020. The van der Waals surface area contributed by atoms with Gasteiger partial charge in [0.1, 0.15) is 0 Å². The van der Waals surface area contributed by atoms with E-state index < -0.39 is 29.2 Å². The largest absolute Gasteiger partial charge is 0.434 e. The van der Waals surface area contributed by atoms with Gasteiger partial charge in [0.2, 0.25) is 5.13 Å². The Balaban J connectivity index is 1.61. The van der Waals surface area contributed by atoms with Gasteiger partial charge in [0.15, 0.2) is 12.0 Å². The lowest BCUT2D eigenvalue weighted by molar-refractivity contribution is -0.143. The molecular weight excluding hydrogens is 432 g/mol. The van der Waals surface area contributed by atoms with Crippen molar-refractivity contribution in [2.75, 3.05) is 0 Å². The van der Waals surface area contributed by atoms with Gasteiger partial charge in [-0.05, 0) is 37.3 Å². The maximum Gasteiger partial charge on any atom is 0.434 e. The van der Waals surface area contributed by atoms with E-state index >= 15 is 0 Å². The number of carbonyl (C=O) groups is 1. The van der Waals surface area contributed by atoms with Crippen molar-refractivity contribution in [2.45, 2.75) is 38.0 Å². The number of aryl methyl sites for hydroxylation is 2. The lowest BCUT2D eigenvalue weighted by Gasteiger charge is -2.09. The van der Waals surface area contributed by atoms with Crippen molar-refractivity contribution in [3.05, 3.63) is 63.9 Å². The topological polar surface area (TPSA) is 47.8 Å². The average Bonchev–Trinajstić information content (AvgIpc) is 3.31. The zero-order valence-electron chi connectivity index (χ0n) is 15.3. The molecule has 0 spiro atoms. The molecule has 0 amide bonds. The summed E-state index contributed by atoms with van der Waals surface area (Å²) in [5.41, 5.74) is -1.33. The van der Waals surface area contributed by atoms with E-state index in [1.165, 1.54) is 6.07 Å². The first kappa shape index (κ1) is 22.0. The molecule has 3 rings (SSSR count). The van der Waals surface area contributed by atoms with Gasteiger partial charge in [0.25, 0.3) is 0 Å². The second-order valence-electron chi connectivity index (χ2n) is 6.50. The van der Waals surface area contributed by atoms with Crippen molar-refractivity contribution in [1.29, 1.82) is 0 Å². The van der Waals surface area contributed by atoms with Gasteiger partial charge in [0, 0.05) is 5.38 Å². The van der Waals surface area contributed by atoms with Crippen molar-refractivity contribution in [2.24, 2.45) is 0 Å². The summed E-state index contributed by atoms with van der Waals surface area (Å²) < 4.78 is 78.5. The lowest BCUT2D eigenvalue weighted by Crippen LogP contribution is -2.15. The summed E-state index contributed by atoms with van der Waals surface area (Å²) in [5.74, 6) is 0. The molecule has 0 aliphatic carbocycles. The summed E-state index contributed by atoms with van der Waals surface area (Å²) in [4.78, 5) is 15.0. The molecule has 0 unspecified atom stereocenters. The van der Waals surface area contributed by atoms with Gasteiger partial charge in [-0.15, -0.1) is 11.3 Å². The molecule has 3 aromatic rings. The van der Waals surface area contributed by atoms with E-state index in [0.717, 1.165) is 29.7 Å². The summed E-state index contributed by atoms with van der Waals surface area (Å²) in [7, 11) is 0. The van der Waals surface area contributed by atoms with Crippen molar-refractivity contribution in [3.63, 3.8) is 0 Å². The van der Waals surface area contributed by atoms with Crippen LogP contribution in [0.5, 0.6) is 0 Å². The molecule has 0 saturated heterocycles. The SMILES string of the molecule is O=Cc1cnn(-c2nc(CCCCc3cccc(C(F)(F)F)c3)cs2)c1C(F)(F)F. The minimum absolute atomic E-state index is 0.0108. The van der Waals surface area contributed by atoms with Gasteiger partial charge < -0.3 is 0 Å². The zero-order chi connectivity index (χ0) is 21.9. The van der Waals surface area contributed by atoms with Gasteiger partial charge in [-0.25, -0.2) is 9.67 Å². The van der Waals surface area contributed by atoms with Crippen molar-refractivity contribution < 1.29 is 31.1 Å². The molecule has 0 radical (unpaired) electrons. The number of thiazole rings is 1. The van der Waals surface area contributed by atoms with E-state index in [9.17, 15) is 31.1 Å². The number of benzene rings is 1.